The predicted octanol–water partition coefficient (Wildman–Crippen LogP) is 5.55. The molecule has 5 rings (SSSR count). The van der Waals surface area contributed by atoms with Crippen LogP contribution in [0.3, 0.4) is 0 Å². The van der Waals surface area contributed by atoms with E-state index in [1.165, 1.54) is 12.1 Å². The minimum Gasteiger partial charge on any atom is -0.494 e. The highest BCUT2D eigenvalue weighted by atomic mass is 35.5. The molecule has 4 aromatic rings. The van der Waals surface area contributed by atoms with Crippen LogP contribution in [0.1, 0.15) is 6.92 Å². The summed E-state index contributed by atoms with van der Waals surface area (Å²) in [5.74, 6) is 1.21. The van der Waals surface area contributed by atoms with Crippen molar-refractivity contribution < 1.29 is 17.6 Å². The molecule has 0 radical (unpaired) electrons. The summed E-state index contributed by atoms with van der Waals surface area (Å²) >= 11 is 5.99. The monoisotopic (exact) mass is 523 g/mol. The number of benzene rings is 3. The van der Waals surface area contributed by atoms with Crippen molar-refractivity contribution in [2.45, 2.75) is 16.8 Å². The van der Waals surface area contributed by atoms with Crippen molar-refractivity contribution >= 4 is 33.0 Å². The number of oxazole rings is 1. The molecule has 0 spiro atoms. The Labute approximate surface area is 215 Å². The molecule has 1 fully saturated rings. The van der Waals surface area contributed by atoms with Gasteiger partial charge in [-0.25, -0.2) is 8.42 Å². The number of aromatic nitrogens is 1. The maximum atomic E-state index is 13.7. The lowest BCUT2D eigenvalue weighted by Crippen LogP contribution is -2.46. The van der Waals surface area contributed by atoms with E-state index < -0.39 is 9.84 Å². The number of para-hydroxylation sites is 1. The van der Waals surface area contributed by atoms with E-state index in [4.69, 9.17) is 20.8 Å². The number of rotatable bonds is 7. The largest absolute Gasteiger partial charge is 0.494 e. The smallest absolute Gasteiger partial charge is 0.236 e. The van der Waals surface area contributed by atoms with E-state index in [1.807, 2.05) is 54.3 Å². The fraction of sp³-hybridized carbons (Fsp3) is 0.222. The molecule has 7 nitrogen and oxygen atoms in total. The van der Waals surface area contributed by atoms with Crippen LogP contribution in [0, 0.1) is 0 Å². The van der Waals surface area contributed by atoms with Gasteiger partial charge in [-0.3, -0.25) is 0 Å². The molecule has 36 heavy (non-hydrogen) atoms. The number of halogens is 1. The number of nitrogens with zero attached hydrogens (tertiary/aromatic N) is 3. The molecule has 3 aromatic carbocycles. The Morgan fingerprint density at radius 1 is 0.889 bits per heavy atom. The Balaban J connectivity index is 1.50. The van der Waals surface area contributed by atoms with E-state index in [2.05, 4.69) is 22.0 Å². The zero-order valence-electron chi connectivity index (χ0n) is 19.8. The second-order valence-electron chi connectivity index (χ2n) is 8.35. The summed E-state index contributed by atoms with van der Waals surface area (Å²) in [6, 6.07) is 23.5. The quantitative estimate of drug-likeness (QED) is 0.314. The fourth-order valence-corrected chi connectivity index (χ4v) is 5.64. The van der Waals surface area contributed by atoms with Crippen LogP contribution in [0.25, 0.3) is 11.5 Å². The summed E-state index contributed by atoms with van der Waals surface area (Å²) in [5, 5.41) is 0.364. The Kier molecular flexibility index (Phi) is 6.89. The van der Waals surface area contributed by atoms with Gasteiger partial charge in [-0.15, -0.1) is 0 Å². The zero-order valence-corrected chi connectivity index (χ0v) is 21.4. The first-order valence-corrected chi connectivity index (χ1v) is 13.6. The van der Waals surface area contributed by atoms with E-state index in [-0.39, 0.29) is 21.7 Å². The van der Waals surface area contributed by atoms with Gasteiger partial charge in [-0.1, -0.05) is 29.8 Å². The molecular weight excluding hydrogens is 498 g/mol. The van der Waals surface area contributed by atoms with Crippen molar-refractivity contribution in [3.63, 3.8) is 0 Å². The second kappa shape index (κ2) is 10.2. The zero-order chi connectivity index (χ0) is 25.1. The average Bonchev–Trinajstić information content (AvgIpc) is 3.37. The molecule has 0 saturated carbocycles. The molecule has 0 atom stereocenters. The summed E-state index contributed by atoms with van der Waals surface area (Å²) in [7, 11) is -3.95. The van der Waals surface area contributed by atoms with E-state index >= 15 is 0 Å². The molecule has 0 amide bonds. The Morgan fingerprint density at radius 2 is 1.53 bits per heavy atom. The first-order chi connectivity index (χ1) is 17.5. The van der Waals surface area contributed by atoms with Gasteiger partial charge >= 0.3 is 0 Å². The standard InChI is InChI=1S/C27H26ClN3O4S/c1-2-34-23-12-8-20(9-13-23)25-29-26(36(32,33)24-14-10-21(28)11-15-24)27(35-25)31-18-16-30(17-19-31)22-6-4-3-5-7-22/h3-15H,2,16-19H2,1H3. The molecule has 186 valence electrons. The van der Waals surface area contributed by atoms with Crippen molar-refractivity contribution in [3.05, 3.63) is 83.9 Å². The van der Waals surface area contributed by atoms with Gasteiger partial charge in [0.1, 0.15) is 5.75 Å². The number of hydrogen-bond donors (Lipinski definition) is 0. The van der Waals surface area contributed by atoms with Crippen molar-refractivity contribution in [2.75, 3.05) is 42.6 Å². The Bertz CT molecular complexity index is 1410. The van der Waals surface area contributed by atoms with Gasteiger partial charge in [-0.05, 0) is 67.6 Å². The summed E-state index contributed by atoms with van der Waals surface area (Å²) in [4.78, 5) is 8.83. The Morgan fingerprint density at radius 3 is 2.17 bits per heavy atom. The SMILES string of the molecule is CCOc1ccc(-c2nc(S(=O)(=O)c3ccc(Cl)cc3)c(N3CCN(c4ccccc4)CC3)o2)cc1. The van der Waals surface area contributed by atoms with Crippen LogP contribution in [-0.2, 0) is 9.84 Å². The maximum absolute atomic E-state index is 13.7. The minimum atomic E-state index is -3.95. The van der Waals surface area contributed by atoms with Gasteiger partial charge < -0.3 is 19.0 Å². The van der Waals surface area contributed by atoms with Crippen LogP contribution >= 0.6 is 11.6 Å². The summed E-state index contributed by atoms with van der Waals surface area (Å²) < 4.78 is 39.0. The Hall–Kier alpha value is -3.49. The summed E-state index contributed by atoms with van der Waals surface area (Å²) in [6.07, 6.45) is 0. The third-order valence-corrected chi connectivity index (χ3v) is 7.98. The molecule has 0 bridgehead atoms. The third-order valence-electron chi connectivity index (χ3n) is 6.06. The third kappa shape index (κ3) is 4.92. The lowest BCUT2D eigenvalue weighted by atomic mass is 10.2. The molecule has 0 N–H and O–H groups in total. The first-order valence-electron chi connectivity index (χ1n) is 11.8. The average molecular weight is 524 g/mol. The van der Waals surface area contributed by atoms with Crippen LogP contribution in [-0.4, -0.2) is 46.2 Å². The van der Waals surface area contributed by atoms with Crippen LogP contribution < -0.4 is 14.5 Å². The highest BCUT2D eigenvalue weighted by molar-refractivity contribution is 7.91. The lowest BCUT2D eigenvalue weighted by Gasteiger charge is -2.36. The van der Waals surface area contributed by atoms with E-state index in [1.54, 1.807) is 12.1 Å². The number of sulfone groups is 1. The van der Waals surface area contributed by atoms with Gasteiger partial charge in [0.25, 0.3) is 0 Å². The molecular formula is C27H26ClN3O4S. The van der Waals surface area contributed by atoms with Crippen LogP contribution in [0.5, 0.6) is 5.75 Å². The molecule has 1 aliphatic rings. The highest BCUT2D eigenvalue weighted by Crippen LogP contribution is 2.36. The van der Waals surface area contributed by atoms with Crippen molar-refractivity contribution in [1.29, 1.82) is 0 Å². The number of piperazine rings is 1. The highest BCUT2D eigenvalue weighted by Gasteiger charge is 2.33. The van der Waals surface area contributed by atoms with Gasteiger partial charge in [0.15, 0.2) is 0 Å². The second-order valence-corrected chi connectivity index (χ2v) is 10.7. The first kappa shape index (κ1) is 24.2. The van der Waals surface area contributed by atoms with E-state index in [0.29, 0.717) is 30.3 Å². The van der Waals surface area contributed by atoms with Crippen LogP contribution in [0.15, 0.2) is 93.2 Å². The van der Waals surface area contributed by atoms with E-state index in [9.17, 15) is 8.42 Å². The number of anilines is 2. The van der Waals surface area contributed by atoms with Crippen molar-refractivity contribution in [2.24, 2.45) is 0 Å². The van der Waals surface area contributed by atoms with Gasteiger partial charge in [0, 0.05) is 42.5 Å². The van der Waals surface area contributed by atoms with Crippen LogP contribution in [0.4, 0.5) is 11.6 Å². The maximum Gasteiger partial charge on any atom is 0.236 e. The van der Waals surface area contributed by atoms with E-state index in [0.717, 1.165) is 24.5 Å². The molecule has 1 saturated heterocycles. The topological polar surface area (TPSA) is 75.9 Å². The number of ether oxygens (including phenoxy) is 1. The summed E-state index contributed by atoms with van der Waals surface area (Å²) in [5.41, 5.74) is 1.80. The lowest BCUT2D eigenvalue weighted by molar-refractivity contribution is 0.340. The fourth-order valence-electron chi connectivity index (χ4n) is 4.19. The normalized spacial score (nSPS) is 14.2. The van der Waals surface area contributed by atoms with Gasteiger partial charge in [0.05, 0.1) is 11.5 Å². The number of hydrogen-bond acceptors (Lipinski definition) is 7. The molecule has 1 aliphatic heterocycles. The summed E-state index contributed by atoms with van der Waals surface area (Å²) in [6.45, 7) is 5.11. The van der Waals surface area contributed by atoms with Gasteiger partial charge in [0.2, 0.25) is 26.6 Å². The molecule has 2 heterocycles. The molecule has 9 heteroatoms. The van der Waals surface area contributed by atoms with Crippen molar-refractivity contribution in [3.8, 4) is 17.2 Å². The molecule has 0 unspecified atom stereocenters. The van der Waals surface area contributed by atoms with Crippen LogP contribution in [0.2, 0.25) is 5.02 Å². The van der Waals surface area contributed by atoms with Gasteiger partial charge in [-0.2, -0.15) is 4.98 Å². The minimum absolute atomic E-state index is 0.0955. The predicted molar refractivity (Wildman–Crippen MR) is 141 cm³/mol. The molecule has 0 aliphatic carbocycles. The van der Waals surface area contributed by atoms with Crippen molar-refractivity contribution in [1.82, 2.24) is 4.98 Å². The molecule has 1 aromatic heterocycles.